The molecule has 1 atom stereocenters. The van der Waals surface area contributed by atoms with Gasteiger partial charge in [-0.1, -0.05) is 36.4 Å². The molecule has 42 heavy (non-hydrogen) atoms. The van der Waals surface area contributed by atoms with Crippen molar-refractivity contribution in [2.24, 2.45) is 0 Å². The predicted molar refractivity (Wildman–Crippen MR) is 163 cm³/mol. The van der Waals surface area contributed by atoms with Crippen LogP contribution in [0.15, 0.2) is 72.8 Å². The molecular formula is C32H32N4O5S. The summed E-state index contributed by atoms with van der Waals surface area (Å²) < 4.78 is 18.3. The zero-order valence-corrected chi connectivity index (χ0v) is 24.5. The van der Waals surface area contributed by atoms with Crippen LogP contribution < -0.4 is 24.4 Å². The van der Waals surface area contributed by atoms with Crippen molar-refractivity contribution in [3.8, 4) is 34.2 Å². The molecule has 1 aromatic heterocycles. The van der Waals surface area contributed by atoms with Crippen LogP contribution in [0.1, 0.15) is 29.2 Å². The second kappa shape index (κ2) is 11.8. The highest BCUT2D eigenvalue weighted by Crippen LogP contribution is 2.49. The molecule has 1 aliphatic heterocycles. The van der Waals surface area contributed by atoms with Crippen molar-refractivity contribution in [3.05, 3.63) is 83.9 Å². The largest absolute Gasteiger partial charge is 0.497 e. The van der Waals surface area contributed by atoms with Crippen LogP contribution in [0.5, 0.6) is 17.2 Å². The van der Waals surface area contributed by atoms with Gasteiger partial charge in [0.15, 0.2) is 11.5 Å². The van der Waals surface area contributed by atoms with Gasteiger partial charge in [-0.25, -0.2) is 4.68 Å². The Bertz CT molecular complexity index is 1600. The second-order valence-corrected chi connectivity index (χ2v) is 11.3. The van der Waals surface area contributed by atoms with Gasteiger partial charge in [0, 0.05) is 17.2 Å². The summed E-state index contributed by atoms with van der Waals surface area (Å²) in [6.07, 6.45) is 1.92. The van der Waals surface area contributed by atoms with E-state index in [0.717, 1.165) is 40.9 Å². The van der Waals surface area contributed by atoms with Crippen LogP contribution in [0.2, 0.25) is 0 Å². The van der Waals surface area contributed by atoms with Gasteiger partial charge in [0.1, 0.15) is 18.1 Å². The highest BCUT2D eigenvalue weighted by molar-refractivity contribution is 8.00. The zero-order chi connectivity index (χ0) is 29.2. The van der Waals surface area contributed by atoms with Crippen LogP contribution in [0.4, 0.5) is 5.82 Å². The molecule has 1 unspecified atom stereocenters. The topological polar surface area (TPSA) is 94.9 Å². The first-order chi connectivity index (χ1) is 20.5. The predicted octanol–water partition coefficient (Wildman–Crippen LogP) is 5.01. The molecule has 9 nitrogen and oxygen atoms in total. The Morgan fingerprint density at radius 3 is 2.36 bits per heavy atom. The summed E-state index contributed by atoms with van der Waals surface area (Å²) >= 11 is 1.51. The Labute approximate surface area is 248 Å². The molecule has 10 heteroatoms. The number of ether oxygens (including phenoxy) is 3. The van der Waals surface area contributed by atoms with Gasteiger partial charge in [-0.05, 0) is 54.8 Å². The third-order valence-corrected chi connectivity index (χ3v) is 8.66. The number of thioether (sulfide) groups is 1. The molecule has 0 spiro atoms. The lowest BCUT2D eigenvalue weighted by Crippen LogP contribution is -2.43. The van der Waals surface area contributed by atoms with Crippen molar-refractivity contribution in [1.29, 1.82) is 0 Å². The molecule has 0 bridgehead atoms. The number of nitrogens with one attached hydrogen (secondary N) is 1. The zero-order valence-electron chi connectivity index (χ0n) is 23.7. The van der Waals surface area contributed by atoms with E-state index in [2.05, 4.69) is 5.32 Å². The number of carbonyl (C=O) groups is 2. The van der Waals surface area contributed by atoms with E-state index in [4.69, 9.17) is 19.3 Å². The van der Waals surface area contributed by atoms with Crippen molar-refractivity contribution in [1.82, 2.24) is 15.1 Å². The van der Waals surface area contributed by atoms with Gasteiger partial charge >= 0.3 is 0 Å². The number of fused-ring (bicyclic) bond motifs is 1. The highest BCUT2D eigenvalue weighted by Gasteiger charge is 2.38. The van der Waals surface area contributed by atoms with Crippen molar-refractivity contribution < 1.29 is 23.8 Å². The Morgan fingerprint density at radius 1 is 0.952 bits per heavy atom. The van der Waals surface area contributed by atoms with Crippen LogP contribution in [0, 0.1) is 0 Å². The lowest BCUT2D eigenvalue weighted by molar-refractivity contribution is -0.123. The van der Waals surface area contributed by atoms with Gasteiger partial charge in [0.25, 0.3) is 0 Å². The van der Waals surface area contributed by atoms with Crippen LogP contribution >= 0.6 is 11.8 Å². The average Bonchev–Trinajstić information content (AvgIpc) is 3.78. The van der Waals surface area contributed by atoms with E-state index in [9.17, 15) is 9.59 Å². The number of hydrogen-bond donors (Lipinski definition) is 1. The minimum atomic E-state index is -0.289. The van der Waals surface area contributed by atoms with Crippen LogP contribution in [0.25, 0.3) is 16.9 Å². The smallest absolute Gasteiger partial charge is 0.240 e. The number of aromatic nitrogens is 2. The van der Waals surface area contributed by atoms with Crippen molar-refractivity contribution in [2.45, 2.75) is 24.1 Å². The minimum absolute atomic E-state index is 0.0996. The molecule has 1 saturated carbocycles. The normalized spacial score (nSPS) is 16.4. The Balaban J connectivity index is 1.59. The first-order valence-corrected chi connectivity index (χ1v) is 14.8. The standard InChI is InChI=1S/C32H32N4O5S/c1-39-24-14-12-23(13-15-24)36-32-29(30(34-36)20-7-5-4-6-8-20)31(21-9-16-25(40-2)26(17-21)41-3)42-19-28(38)35(32)18-27(37)33-22-10-11-22/h4-9,12-17,22,31H,10-11,18-19H2,1-3H3,(H,33,37). The van der Waals surface area contributed by atoms with Crippen molar-refractivity contribution in [2.75, 3.05) is 38.5 Å². The number of methoxy groups -OCH3 is 3. The van der Waals surface area contributed by atoms with E-state index in [1.165, 1.54) is 11.8 Å². The Morgan fingerprint density at radius 2 is 1.69 bits per heavy atom. The molecule has 1 fully saturated rings. The molecule has 2 aliphatic rings. The molecule has 1 aliphatic carbocycles. The molecular weight excluding hydrogens is 552 g/mol. The number of rotatable bonds is 9. The van der Waals surface area contributed by atoms with E-state index in [0.29, 0.717) is 23.1 Å². The van der Waals surface area contributed by atoms with Gasteiger partial charge in [0.05, 0.1) is 43.7 Å². The van der Waals surface area contributed by atoms with Gasteiger partial charge in [-0.2, -0.15) is 5.10 Å². The molecule has 4 aromatic rings. The third kappa shape index (κ3) is 5.42. The third-order valence-electron chi connectivity index (χ3n) is 7.41. The van der Waals surface area contributed by atoms with Crippen molar-refractivity contribution >= 4 is 29.4 Å². The fourth-order valence-corrected chi connectivity index (χ4v) is 6.34. The maximum atomic E-state index is 13.9. The molecule has 0 saturated heterocycles. The highest BCUT2D eigenvalue weighted by atomic mass is 32.2. The molecule has 216 valence electrons. The van der Waals surface area contributed by atoms with Gasteiger partial charge in [-0.15, -0.1) is 11.8 Å². The SMILES string of the molecule is COc1ccc(-n2nc(-c3ccccc3)c3c2N(CC(=O)NC2CC2)C(=O)CSC3c2ccc(OC)c(OC)c2)cc1. The van der Waals surface area contributed by atoms with Gasteiger partial charge in [0.2, 0.25) is 11.8 Å². The average molecular weight is 585 g/mol. The summed E-state index contributed by atoms with van der Waals surface area (Å²) in [6, 6.07) is 23.4. The van der Waals surface area contributed by atoms with Crippen LogP contribution in [0.3, 0.4) is 0 Å². The molecule has 2 heterocycles. The van der Waals surface area contributed by atoms with E-state index < -0.39 is 0 Å². The van der Waals surface area contributed by atoms with Crippen LogP contribution in [-0.2, 0) is 9.59 Å². The molecule has 3 aromatic carbocycles. The molecule has 2 amide bonds. The molecule has 1 N–H and O–H groups in total. The van der Waals surface area contributed by atoms with E-state index >= 15 is 0 Å². The van der Waals surface area contributed by atoms with Crippen LogP contribution in [-0.4, -0.2) is 61.3 Å². The summed E-state index contributed by atoms with van der Waals surface area (Å²) in [4.78, 5) is 28.6. The lowest BCUT2D eigenvalue weighted by Gasteiger charge is -2.23. The monoisotopic (exact) mass is 584 g/mol. The van der Waals surface area contributed by atoms with Crippen molar-refractivity contribution in [3.63, 3.8) is 0 Å². The minimum Gasteiger partial charge on any atom is -0.497 e. The van der Waals surface area contributed by atoms with E-state index in [1.54, 1.807) is 30.9 Å². The number of benzene rings is 3. The number of amides is 2. The maximum Gasteiger partial charge on any atom is 0.240 e. The second-order valence-electron chi connectivity index (χ2n) is 10.2. The number of nitrogens with zero attached hydrogens (tertiary/aromatic N) is 3. The first-order valence-electron chi connectivity index (χ1n) is 13.8. The number of carbonyl (C=O) groups excluding carboxylic acids is 2. The Hall–Kier alpha value is -4.44. The first kappa shape index (κ1) is 27.7. The molecule has 0 radical (unpaired) electrons. The maximum absolute atomic E-state index is 13.9. The summed E-state index contributed by atoms with van der Waals surface area (Å²) in [6.45, 7) is -0.0996. The number of hydrogen-bond acceptors (Lipinski definition) is 7. The summed E-state index contributed by atoms with van der Waals surface area (Å²) in [5, 5.41) is 7.88. The van der Waals surface area contributed by atoms with E-state index in [1.807, 2.05) is 72.8 Å². The quantitative estimate of drug-likeness (QED) is 0.296. The summed E-state index contributed by atoms with van der Waals surface area (Å²) in [7, 11) is 4.83. The fourth-order valence-electron chi connectivity index (χ4n) is 5.16. The Kier molecular flexibility index (Phi) is 7.80. The summed E-state index contributed by atoms with van der Waals surface area (Å²) in [5.41, 5.74) is 4.16. The lowest BCUT2D eigenvalue weighted by atomic mass is 9.99. The van der Waals surface area contributed by atoms with E-state index in [-0.39, 0.29) is 35.4 Å². The summed E-state index contributed by atoms with van der Waals surface area (Å²) in [5.74, 6) is 2.32. The molecule has 6 rings (SSSR count). The van der Waals surface area contributed by atoms with Gasteiger partial charge < -0.3 is 19.5 Å². The number of anilines is 1. The fraction of sp³-hybridized carbons (Fsp3) is 0.281. The van der Waals surface area contributed by atoms with Gasteiger partial charge in [-0.3, -0.25) is 14.5 Å².